The first-order valence-corrected chi connectivity index (χ1v) is 7.20. The summed E-state index contributed by atoms with van der Waals surface area (Å²) in [4.78, 5) is 23.0. The Kier molecular flexibility index (Phi) is 4.79. The Balaban J connectivity index is 3.53. The zero-order valence-corrected chi connectivity index (χ0v) is 12.1. The number of nitrogens with one attached hydrogen (secondary N) is 1. The molecular weight excluding hydrogens is 286 g/mol. The summed E-state index contributed by atoms with van der Waals surface area (Å²) in [5.74, 6) is -0.517. The van der Waals surface area contributed by atoms with Gasteiger partial charge >= 0.3 is 0 Å². The lowest BCUT2D eigenvalue weighted by atomic mass is 10.2. The molecule has 0 unspecified atom stereocenters. The highest BCUT2D eigenvalue weighted by atomic mass is 32.2. The zero-order valence-electron chi connectivity index (χ0n) is 11.3. The first-order chi connectivity index (χ1) is 9.24. The molecule has 0 radical (unpaired) electrons. The third kappa shape index (κ3) is 3.11. The molecule has 9 heteroatoms. The fourth-order valence-electron chi connectivity index (χ4n) is 1.48. The van der Waals surface area contributed by atoms with Crippen LogP contribution in [-0.4, -0.2) is 44.8 Å². The van der Waals surface area contributed by atoms with Gasteiger partial charge < -0.3 is 4.90 Å². The molecule has 0 aromatic heterocycles. The molecule has 0 saturated heterocycles. The van der Waals surface area contributed by atoms with Gasteiger partial charge in [0.1, 0.15) is 4.90 Å². The number of nitro groups is 1. The fourth-order valence-corrected chi connectivity index (χ4v) is 2.42. The summed E-state index contributed by atoms with van der Waals surface area (Å²) in [7, 11) is -1.29. The lowest BCUT2D eigenvalue weighted by Gasteiger charge is -2.16. The molecule has 1 aromatic carbocycles. The molecule has 1 rings (SSSR count). The lowest BCUT2D eigenvalue weighted by Crippen LogP contribution is -2.29. The molecule has 0 atom stereocenters. The molecule has 0 aliphatic heterocycles. The normalized spacial score (nSPS) is 11.2. The van der Waals surface area contributed by atoms with Crippen LogP contribution < -0.4 is 4.72 Å². The number of sulfonamides is 1. The van der Waals surface area contributed by atoms with E-state index < -0.39 is 31.4 Å². The van der Waals surface area contributed by atoms with Gasteiger partial charge in [-0.2, -0.15) is 0 Å². The summed E-state index contributed by atoms with van der Waals surface area (Å²) >= 11 is 0. The predicted octanol–water partition coefficient (Wildman–Crippen LogP) is 0.595. The van der Waals surface area contributed by atoms with E-state index in [-0.39, 0.29) is 5.56 Å². The van der Waals surface area contributed by atoms with Gasteiger partial charge in [-0.05, 0) is 20.0 Å². The maximum atomic E-state index is 12.1. The highest BCUT2D eigenvalue weighted by Crippen LogP contribution is 2.23. The second kappa shape index (κ2) is 5.97. The lowest BCUT2D eigenvalue weighted by molar-refractivity contribution is -0.385. The number of nitro benzene ring substituents is 1. The number of carbonyl (C=O) groups is 1. The van der Waals surface area contributed by atoms with E-state index in [0.717, 1.165) is 18.2 Å². The van der Waals surface area contributed by atoms with Crippen LogP contribution in [0.25, 0.3) is 0 Å². The van der Waals surface area contributed by atoms with Gasteiger partial charge in [0.2, 0.25) is 10.0 Å². The van der Waals surface area contributed by atoms with E-state index in [2.05, 4.69) is 4.72 Å². The minimum absolute atomic E-state index is 0.102. The molecular formula is C11H15N3O5S. The van der Waals surface area contributed by atoms with Crippen molar-refractivity contribution in [1.29, 1.82) is 0 Å². The molecule has 0 aliphatic carbocycles. The van der Waals surface area contributed by atoms with Crippen LogP contribution in [0.2, 0.25) is 0 Å². The van der Waals surface area contributed by atoms with E-state index in [9.17, 15) is 23.3 Å². The second-order valence-corrected chi connectivity index (χ2v) is 5.82. The number of carbonyl (C=O) groups excluding carboxylic acids is 1. The quantitative estimate of drug-likeness (QED) is 0.632. The van der Waals surface area contributed by atoms with Gasteiger partial charge in [-0.15, -0.1) is 0 Å². The Morgan fingerprint density at radius 2 is 2.05 bits per heavy atom. The molecule has 1 amide bonds. The van der Waals surface area contributed by atoms with Crippen LogP contribution in [0.4, 0.5) is 5.69 Å². The van der Waals surface area contributed by atoms with E-state index in [0.29, 0.717) is 6.54 Å². The van der Waals surface area contributed by atoms with E-state index in [1.54, 1.807) is 6.92 Å². The number of nitrogens with zero attached hydrogens (tertiary/aromatic N) is 2. The third-order valence-corrected chi connectivity index (χ3v) is 4.24. The van der Waals surface area contributed by atoms with Crippen molar-refractivity contribution in [1.82, 2.24) is 9.62 Å². The third-order valence-electron chi connectivity index (χ3n) is 2.79. The maximum absolute atomic E-state index is 12.1. The molecule has 0 saturated carbocycles. The number of non-ortho nitro benzene ring substituents is 1. The SMILES string of the molecule is CCN(C)C(=O)c1ccc([N+](=O)[O-])cc1S(=O)(=O)NC. The van der Waals surface area contributed by atoms with Crippen molar-refractivity contribution in [2.45, 2.75) is 11.8 Å². The van der Waals surface area contributed by atoms with Crippen LogP contribution in [0.3, 0.4) is 0 Å². The van der Waals surface area contributed by atoms with Crippen LogP contribution in [0.5, 0.6) is 0 Å². The second-order valence-electron chi connectivity index (χ2n) is 3.96. The summed E-state index contributed by atoms with van der Waals surface area (Å²) < 4.78 is 25.9. The van der Waals surface area contributed by atoms with Crippen molar-refractivity contribution in [2.24, 2.45) is 0 Å². The summed E-state index contributed by atoms with van der Waals surface area (Å²) in [5, 5.41) is 10.7. The Hall–Kier alpha value is -2.00. The average molecular weight is 301 g/mol. The Labute approximate surface area is 116 Å². The van der Waals surface area contributed by atoms with Gasteiger partial charge in [-0.3, -0.25) is 14.9 Å². The standard InChI is InChI=1S/C11H15N3O5S/c1-4-13(3)11(15)9-6-5-8(14(16)17)7-10(9)20(18,19)12-2/h5-7,12H,4H2,1-3H3. The summed E-state index contributed by atoms with van der Waals surface area (Å²) in [6.07, 6.45) is 0. The van der Waals surface area contributed by atoms with E-state index >= 15 is 0 Å². The molecule has 20 heavy (non-hydrogen) atoms. The number of hydrogen-bond donors (Lipinski definition) is 1. The summed E-state index contributed by atoms with van der Waals surface area (Å²) in [6, 6.07) is 3.13. The van der Waals surface area contributed by atoms with Crippen molar-refractivity contribution in [2.75, 3.05) is 20.6 Å². The maximum Gasteiger partial charge on any atom is 0.270 e. The monoisotopic (exact) mass is 301 g/mol. The molecule has 1 aromatic rings. The molecule has 8 nitrogen and oxygen atoms in total. The van der Waals surface area contributed by atoms with Crippen LogP contribution in [0.1, 0.15) is 17.3 Å². The van der Waals surface area contributed by atoms with Gasteiger partial charge in [0.05, 0.1) is 10.5 Å². The van der Waals surface area contributed by atoms with Gasteiger partial charge in [0.15, 0.2) is 0 Å². The first kappa shape index (κ1) is 16.1. The number of rotatable bonds is 5. The van der Waals surface area contributed by atoms with Gasteiger partial charge in [-0.25, -0.2) is 13.1 Å². The zero-order chi connectivity index (χ0) is 15.5. The van der Waals surface area contributed by atoms with Crippen LogP contribution in [0, 0.1) is 10.1 Å². The Morgan fingerprint density at radius 1 is 1.45 bits per heavy atom. The minimum Gasteiger partial charge on any atom is -0.342 e. The van der Waals surface area contributed by atoms with Gasteiger partial charge in [0, 0.05) is 25.7 Å². The molecule has 0 bridgehead atoms. The highest BCUT2D eigenvalue weighted by molar-refractivity contribution is 7.89. The van der Waals surface area contributed by atoms with Crippen molar-refractivity contribution in [3.63, 3.8) is 0 Å². The molecule has 0 spiro atoms. The number of amides is 1. The topological polar surface area (TPSA) is 110 Å². The first-order valence-electron chi connectivity index (χ1n) is 5.72. The molecule has 1 N–H and O–H groups in total. The van der Waals surface area contributed by atoms with Crippen molar-refractivity contribution in [3.8, 4) is 0 Å². The van der Waals surface area contributed by atoms with Crippen molar-refractivity contribution >= 4 is 21.6 Å². The average Bonchev–Trinajstić information content (AvgIpc) is 2.44. The van der Waals surface area contributed by atoms with E-state index in [1.165, 1.54) is 19.0 Å². The smallest absolute Gasteiger partial charge is 0.270 e. The molecule has 0 aliphatic rings. The van der Waals surface area contributed by atoms with Crippen LogP contribution in [-0.2, 0) is 10.0 Å². The molecule has 110 valence electrons. The van der Waals surface area contributed by atoms with Crippen LogP contribution in [0.15, 0.2) is 23.1 Å². The summed E-state index contributed by atoms with van der Waals surface area (Å²) in [5.41, 5.74) is -0.496. The summed E-state index contributed by atoms with van der Waals surface area (Å²) in [6.45, 7) is 2.12. The van der Waals surface area contributed by atoms with Gasteiger partial charge in [0.25, 0.3) is 11.6 Å². The Bertz CT molecular complexity index is 641. The molecule has 0 fully saturated rings. The van der Waals surface area contributed by atoms with Crippen molar-refractivity contribution in [3.05, 3.63) is 33.9 Å². The predicted molar refractivity (Wildman–Crippen MR) is 72.0 cm³/mol. The van der Waals surface area contributed by atoms with Crippen molar-refractivity contribution < 1.29 is 18.1 Å². The molecule has 0 heterocycles. The van der Waals surface area contributed by atoms with E-state index in [1.807, 2.05) is 0 Å². The van der Waals surface area contributed by atoms with Gasteiger partial charge in [-0.1, -0.05) is 0 Å². The number of hydrogen-bond acceptors (Lipinski definition) is 5. The van der Waals surface area contributed by atoms with Crippen LogP contribution >= 0.6 is 0 Å². The number of benzene rings is 1. The largest absolute Gasteiger partial charge is 0.342 e. The Morgan fingerprint density at radius 3 is 2.50 bits per heavy atom. The fraction of sp³-hybridized carbons (Fsp3) is 0.364. The minimum atomic E-state index is -3.97. The highest BCUT2D eigenvalue weighted by Gasteiger charge is 2.25. The van der Waals surface area contributed by atoms with E-state index in [4.69, 9.17) is 0 Å².